The molecule has 0 atom stereocenters. The molecule has 2 aromatic rings. The second kappa shape index (κ2) is 5.29. The Bertz CT molecular complexity index is 721. The van der Waals surface area contributed by atoms with Gasteiger partial charge in [0.1, 0.15) is 0 Å². The molecule has 1 aliphatic rings. The van der Waals surface area contributed by atoms with Crippen LogP contribution in [0.4, 0.5) is 10.8 Å². The van der Waals surface area contributed by atoms with Crippen LogP contribution in [0.15, 0.2) is 23.6 Å². The summed E-state index contributed by atoms with van der Waals surface area (Å²) in [6, 6.07) is 5.24. The highest BCUT2D eigenvalue weighted by Gasteiger charge is 2.19. The van der Waals surface area contributed by atoms with Crippen LogP contribution in [-0.2, 0) is 11.2 Å². The largest absolute Gasteiger partial charge is 0.326 e. The highest BCUT2D eigenvalue weighted by atomic mass is 32.1. The summed E-state index contributed by atoms with van der Waals surface area (Å²) in [5, 5.41) is 8.07. The third-order valence-electron chi connectivity index (χ3n) is 3.33. The van der Waals surface area contributed by atoms with E-state index in [1.165, 1.54) is 11.3 Å². The van der Waals surface area contributed by atoms with Gasteiger partial charge in [0.2, 0.25) is 5.91 Å². The number of aromatic nitrogens is 1. The smallest absolute Gasteiger partial charge is 0.257 e. The fourth-order valence-electron chi connectivity index (χ4n) is 2.13. The number of thiazole rings is 1. The van der Waals surface area contributed by atoms with Crippen molar-refractivity contribution in [2.45, 2.75) is 26.2 Å². The molecule has 0 saturated heterocycles. The zero-order chi connectivity index (χ0) is 15.0. The van der Waals surface area contributed by atoms with Gasteiger partial charge < -0.3 is 5.32 Å². The van der Waals surface area contributed by atoms with E-state index in [2.05, 4.69) is 29.5 Å². The molecule has 0 aliphatic carbocycles. The summed E-state index contributed by atoms with van der Waals surface area (Å²) in [6.07, 6.45) is 0.376. The van der Waals surface area contributed by atoms with E-state index in [4.69, 9.17) is 0 Å². The number of nitrogens with one attached hydrogen (secondary N) is 2. The van der Waals surface area contributed by atoms with E-state index >= 15 is 0 Å². The van der Waals surface area contributed by atoms with E-state index in [0.717, 1.165) is 16.9 Å². The van der Waals surface area contributed by atoms with E-state index < -0.39 is 0 Å². The van der Waals surface area contributed by atoms with Crippen LogP contribution in [-0.4, -0.2) is 16.8 Å². The molecule has 0 saturated carbocycles. The van der Waals surface area contributed by atoms with Gasteiger partial charge in [-0.25, -0.2) is 4.98 Å². The number of amides is 2. The maximum atomic E-state index is 12.2. The molecule has 2 amide bonds. The first-order valence-corrected chi connectivity index (χ1v) is 7.60. The summed E-state index contributed by atoms with van der Waals surface area (Å²) in [5.41, 5.74) is 3.12. The number of carbonyl (C=O) groups excluding carboxylic acids is 2. The molecule has 2 N–H and O–H groups in total. The first-order valence-electron chi connectivity index (χ1n) is 6.72. The van der Waals surface area contributed by atoms with Gasteiger partial charge in [-0.1, -0.05) is 19.9 Å². The van der Waals surface area contributed by atoms with E-state index in [1.54, 1.807) is 12.1 Å². The number of rotatable bonds is 3. The van der Waals surface area contributed by atoms with Crippen molar-refractivity contribution in [3.63, 3.8) is 0 Å². The maximum absolute atomic E-state index is 12.2. The van der Waals surface area contributed by atoms with Crippen LogP contribution in [0.5, 0.6) is 0 Å². The molecule has 1 aliphatic heterocycles. The number of nitrogens with zero attached hydrogens (tertiary/aromatic N) is 1. The Kier molecular flexibility index (Phi) is 3.47. The van der Waals surface area contributed by atoms with Gasteiger partial charge in [-0.05, 0) is 23.6 Å². The topological polar surface area (TPSA) is 71.1 Å². The Hall–Kier alpha value is -2.21. The predicted molar refractivity (Wildman–Crippen MR) is 82.9 cm³/mol. The normalized spacial score (nSPS) is 13.2. The lowest BCUT2D eigenvalue weighted by molar-refractivity contribution is -0.115. The van der Waals surface area contributed by atoms with Gasteiger partial charge in [-0.3, -0.25) is 14.9 Å². The van der Waals surface area contributed by atoms with Gasteiger partial charge in [-0.2, -0.15) is 0 Å². The summed E-state index contributed by atoms with van der Waals surface area (Å²) < 4.78 is 0. The molecule has 0 bridgehead atoms. The van der Waals surface area contributed by atoms with Crippen molar-refractivity contribution in [3.8, 4) is 0 Å². The van der Waals surface area contributed by atoms with Gasteiger partial charge in [0, 0.05) is 16.6 Å². The van der Waals surface area contributed by atoms with Crippen LogP contribution < -0.4 is 10.6 Å². The quantitative estimate of drug-likeness (QED) is 0.915. The zero-order valence-electron chi connectivity index (χ0n) is 11.8. The number of carbonyl (C=O) groups is 2. The maximum Gasteiger partial charge on any atom is 0.257 e. The standard InChI is InChI=1S/C15H15N3O2S/c1-8(2)12-7-21-15(17-12)18-14(20)10-4-3-9-6-13(19)16-11(9)5-10/h3-5,7-8H,6H2,1-2H3,(H,16,19)(H,17,18,20). The van der Waals surface area contributed by atoms with Crippen molar-refractivity contribution in [2.24, 2.45) is 0 Å². The van der Waals surface area contributed by atoms with Gasteiger partial charge in [0.25, 0.3) is 5.91 Å². The lowest BCUT2D eigenvalue weighted by Crippen LogP contribution is -2.12. The SMILES string of the molecule is CC(C)c1csc(NC(=O)c2ccc3c(c2)NC(=O)C3)n1. The Morgan fingerprint density at radius 2 is 2.24 bits per heavy atom. The molecule has 5 nitrogen and oxygen atoms in total. The molecule has 1 aromatic heterocycles. The molecule has 0 spiro atoms. The minimum atomic E-state index is -0.219. The number of hydrogen-bond donors (Lipinski definition) is 2. The van der Waals surface area contributed by atoms with Crippen LogP contribution in [0.3, 0.4) is 0 Å². The Morgan fingerprint density at radius 3 is 2.95 bits per heavy atom. The summed E-state index contributed by atoms with van der Waals surface area (Å²) in [7, 11) is 0. The molecular weight excluding hydrogens is 286 g/mol. The highest BCUT2D eigenvalue weighted by Crippen LogP contribution is 2.25. The summed E-state index contributed by atoms with van der Waals surface area (Å²) >= 11 is 1.41. The van der Waals surface area contributed by atoms with Crippen molar-refractivity contribution >= 4 is 34.0 Å². The zero-order valence-corrected chi connectivity index (χ0v) is 12.6. The van der Waals surface area contributed by atoms with E-state index in [1.807, 2.05) is 11.4 Å². The molecule has 1 aromatic carbocycles. The molecule has 0 radical (unpaired) electrons. The second-order valence-electron chi connectivity index (χ2n) is 5.28. The first kappa shape index (κ1) is 13.8. The monoisotopic (exact) mass is 301 g/mol. The molecular formula is C15H15N3O2S. The molecule has 6 heteroatoms. The van der Waals surface area contributed by atoms with Crippen molar-refractivity contribution in [1.82, 2.24) is 4.98 Å². The van der Waals surface area contributed by atoms with Gasteiger partial charge in [0.15, 0.2) is 5.13 Å². The summed E-state index contributed by atoms with van der Waals surface area (Å²) in [4.78, 5) is 27.9. The Morgan fingerprint density at radius 1 is 1.43 bits per heavy atom. The number of hydrogen-bond acceptors (Lipinski definition) is 4. The lowest BCUT2D eigenvalue weighted by atomic mass is 10.1. The van der Waals surface area contributed by atoms with Crippen molar-refractivity contribution in [1.29, 1.82) is 0 Å². The molecule has 2 heterocycles. The Balaban J connectivity index is 1.76. The number of benzene rings is 1. The molecule has 3 rings (SSSR count). The molecule has 21 heavy (non-hydrogen) atoms. The third kappa shape index (κ3) is 2.80. The van der Waals surface area contributed by atoms with Crippen LogP contribution in [0.2, 0.25) is 0 Å². The van der Waals surface area contributed by atoms with Gasteiger partial charge in [-0.15, -0.1) is 11.3 Å². The molecule has 0 fully saturated rings. The Labute approximate surface area is 126 Å². The molecule has 0 unspecified atom stereocenters. The number of anilines is 2. The van der Waals surface area contributed by atoms with Crippen LogP contribution in [0.25, 0.3) is 0 Å². The van der Waals surface area contributed by atoms with E-state index in [-0.39, 0.29) is 11.8 Å². The van der Waals surface area contributed by atoms with Crippen molar-refractivity contribution < 1.29 is 9.59 Å². The first-order chi connectivity index (χ1) is 10.0. The minimum Gasteiger partial charge on any atom is -0.326 e. The van der Waals surface area contributed by atoms with Crippen LogP contribution >= 0.6 is 11.3 Å². The predicted octanol–water partition coefficient (Wildman–Crippen LogP) is 3.01. The number of fused-ring (bicyclic) bond motifs is 1. The van der Waals surface area contributed by atoms with Gasteiger partial charge >= 0.3 is 0 Å². The third-order valence-corrected chi connectivity index (χ3v) is 4.11. The minimum absolute atomic E-state index is 0.0379. The van der Waals surface area contributed by atoms with Gasteiger partial charge in [0.05, 0.1) is 12.1 Å². The fraction of sp³-hybridized carbons (Fsp3) is 0.267. The molecule has 108 valence electrons. The van der Waals surface area contributed by atoms with Crippen molar-refractivity contribution in [3.05, 3.63) is 40.4 Å². The summed E-state index contributed by atoms with van der Waals surface area (Å²) in [5.74, 6) is 0.0785. The second-order valence-corrected chi connectivity index (χ2v) is 6.14. The fourth-order valence-corrected chi connectivity index (χ4v) is 3.00. The summed E-state index contributed by atoms with van der Waals surface area (Å²) in [6.45, 7) is 4.12. The van der Waals surface area contributed by atoms with E-state index in [0.29, 0.717) is 23.0 Å². The van der Waals surface area contributed by atoms with Crippen molar-refractivity contribution in [2.75, 3.05) is 10.6 Å². The lowest BCUT2D eigenvalue weighted by Gasteiger charge is -2.04. The average molecular weight is 301 g/mol. The average Bonchev–Trinajstić information content (AvgIpc) is 3.02. The van der Waals surface area contributed by atoms with E-state index in [9.17, 15) is 9.59 Å². The van der Waals surface area contributed by atoms with Crippen LogP contribution in [0.1, 0.15) is 41.4 Å². The highest BCUT2D eigenvalue weighted by molar-refractivity contribution is 7.14. The van der Waals surface area contributed by atoms with Crippen LogP contribution in [0, 0.1) is 0 Å².